The Labute approximate surface area is 135 Å². The Morgan fingerprint density at radius 3 is 2.25 bits per heavy atom. The van der Waals surface area contributed by atoms with Crippen molar-refractivity contribution in [2.24, 2.45) is 0 Å². The van der Waals surface area contributed by atoms with Crippen LogP contribution in [0.5, 0.6) is 0 Å². The smallest absolute Gasteiger partial charge is 0.0852 e. The lowest BCUT2D eigenvalue weighted by Gasteiger charge is -2.17. The molecule has 2 aromatic rings. The van der Waals surface area contributed by atoms with E-state index in [1.54, 1.807) is 6.07 Å². The van der Waals surface area contributed by atoms with Gasteiger partial charge >= 0.3 is 0 Å². The van der Waals surface area contributed by atoms with E-state index in [9.17, 15) is 0 Å². The molecule has 0 aliphatic carbocycles. The van der Waals surface area contributed by atoms with Crippen molar-refractivity contribution in [3.05, 3.63) is 68.7 Å². The monoisotopic (exact) mass is 326 g/mol. The van der Waals surface area contributed by atoms with Crippen LogP contribution in [-0.2, 0) is 12.8 Å². The number of hydrogen-bond acceptors (Lipinski definition) is 0. The third kappa shape index (κ3) is 3.31. The minimum Gasteiger partial charge on any atom is -0.113 e. The Morgan fingerprint density at radius 2 is 1.65 bits per heavy atom. The number of alkyl halides is 1. The first-order valence-electron chi connectivity index (χ1n) is 6.77. The molecular weight excluding hydrogens is 311 g/mol. The molecule has 1 unspecified atom stereocenters. The SMILES string of the molecule is CCc1ccc(CC)c(C(Cl)c2ccc(Cl)cc2Cl)c1. The highest BCUT2D eigenvalue weighted by Gasteiger charge is 2.17. The quantitative estimate of drug-likeness (QED) is 0.566. The van der Waals surface area contributed by atoms with Crippen molar-refractivity contribution < 1.29 is 0 Å². The summed E-state index contributed by atoms with van der Waals surface area (Å²) in [5, 5.41) is 0.989. The molecule has 0 nitrogen and oxygen atoms in total. The van der Waals surface area contributed by atoms with E-state index in [0.29, 0.717) is 10.0 Å². The van der Waals surface area contributed by atoms with E-state index in [4.69, 9.17) is 34.8 Å². The van der Waals surface area contributed by atoms with E-state index in [-0.39, 0.29) is 5.38 Å². The predicted molar refractivity (Wildman–Crippen MR) is 89.4 cm³/mol. The van der Waals surface area contributed by atoms with Crippen LogP contribution in [0.4, 0.5) is 0 Å². The third-order valence-electron chi connectivity index (χ3n) is 3.51. The largest absolute Gasteiger partial charge is 0.113 e. The second-order valence-corrected chi connectivity index (χ2v) is 6.05. The molecule has 106 valence electrons. The maximum absolute atomic E-state index is 6.67. The highest BCUT2D eigenvalue weighted by Crippen LogP contribution is 2.37. The minimum atomic E-state index is -0.249. The van der Waals surface area contributed by atoms with E-state index in [1.165, 1.54) is 11.1 Å². The van der Waals surface area contributed by atoms with Crippen LogP contribution in [0.2, 0.25) is 10.0 Å². The number of aryl methyl sites for hydroxylation is 2. The molecule has 1 atom stereocenters. The van der Waals surface area contributed by atoms with Gasteiger partial charge in [-0.1, -0.05) is 61.3 Å². The maximum atomic E-state index is 6.67. The second-order valence-electron chi connectivity index (χ2n) is 4.77. The molecule has 0 aliphatic rings. The highest BCUT2D eigenvalue weighted by molar-refractivity contribution is 6.36. The summed E-state index contributed by atoms with van der Waals surface area (Å²) >= 11 is 18.9. The van der Waals surface area contributed by atoms with Gasteiger partial charge in [-0.25, -0.2) is 0 Å². The van der Waals surface area contributed by atoms with E-state index in [0.717, 1.165) is 24.0 Å². The van der Waals surface area contributed by atoms with Gasteiger partial charge < -0.3 is 0 Å². The van der Waals surface area contributed by atoms with Crippen LogP contribution in [-0.4, -0.2) is 0 Å². The van der Waals surface area contributed by atoms with Crippen LogP contribution in [0.1, 0.15) is 41.5 Å². The molecule has 0 amide bonds. The van der Waals surface area contributed by atoms with Gasteiger partial charge in [0.15, 0.2) is 0 Å². The average molecular weight is 328 g/mol. The summed E-state index contributed by atoms with van der Waals surface area (Å²) in [7, 11) is 0. The van der Waals surface area contributed by atoms with Crippen LogP contribution in [0.3, 0.4) is 0 Å². The lowest BCUT2D eigenvalue weighted by molar-refractivity contribution is 1.02. The molecule has 0 saturated heterocycles. The van der Waals surface area contributed by atoms with Gasteiger partial charge in [0.1, 0.15) is 0 Å². The Kier molecular flexibility index (Phi) is 5.37. The van der Waals surface area contributed by atoms with Crippen LogP contribution < -0.4 is 0 Å². The molecule has 3 heteroatoms. The second kappa shape index (κ2) is 6.85. The fraction of sp³-hybridized carbons (Fsp3) is 0.294. The average Bonchev–Trinajstić information content (AvgIpc) is 2.46. The standard InChI is InChI=1S/C17H17Cl3/c1-3-11-5-6-12(4-2)15(9-11)17(20)14-8-7-13(18)10-16(14)19/h5-10,17H,3-4H2,1-2H3. The Morgan fingerprint density at radius 1 is 0.900 bits per heavy atom. The summed E-state index contributed by atoms with van der Waals surface area (Å²) < 4.78 is 0. The van der Waals surface area contributed by atoms with Crippen LogP contribution in [0.25, 0.3) is 0 Å². The fourth-order valence-corrected chi connectivity index (χ4v) is 3.26. The van der Waals surface area contributed by atoms with Gasteiger partial charge in [0.2, 0.25) is 0 Å². The van der Waals surface area contributed by atoms with Crippen LogP contribution in [0.15, 0.2) is 36.4 Å². The maximum Gasteiger partial charge on any atom is 0.0852 e. The number of rotatable bonds is 4. The summed E-state index contributed by atoms with van der Waals surface area (Å²) in [6.45, 7) is 4.28. The Balaban J connectivity index is 2.48. The van der Waals surface area contributed by atoms with Crippen LogP contribution >= 0.6 is 34.8 Å². The summed E-state index contributed by atoms with van der Waals surface area (Å²) in [4.78, 5) is 0. The molecule has 0 bridgehead atoms. The molecule has 0 spiro atoms. The van der Waals surface area contributed by atoms with Gasteiger partial charge in [0.05, 0.1) is 5.38 Å². The molecule has 0 aromatic heterocycles. The van der Waals surface area contributed by atoms with Crippen molar-refractivity contribution in [1.82, 2.24) is 0 Å². The number of hydrogen-bond donors (Lipinski definition) is 0. The van der Waals surface area contributed by atoms with E-state index in [2.05, 4.69) is 32.0 Å². The molecular formula is C17H17Cl3. The molecule has 0 fully saturated rings. The third-order valence-corrected chi connectivity index (χ3v) is 4.54. The molecule has 0 N–H and O–H groups in total. The topological polar surface area (TPSA) is 0 Å². The molecule has 2 aromatic carbocycles. The van der Waals surface area contributed by atoms with Gasteiger partial charge in [-0.3, -0.25) is 0 Å². The number of benzene rings is 2. The van der Waals surface area contributed by atoms with Gasteiger partial charge in [0.25, 0.3) is 0 Å². The Hall–Kier alpha value is -0.690. The molecule has 0 aliphatic heterocycles. The summed E-state index contributed by atoms with van der Waals surface area (Å²) in [6, 6.07) is 12.0. The molecule has 2 rings (SSSR count). The fourth-order valence-electron chi connectivity index (χ4n) is 2.30. The summed E-state index contributed by atoms with van der Waals surface area (Å²) in [5.74, 6) is 0. The van der Waals surface area contributed by atoms with E-state index >= 15 is 0 Å². The van der Waals surface area contributed by atoms with E-state index < -0.39 is 0 Å². The highest BCUT2D eigenvalue weighted by atomic mass is 35.5. The summed E-state index contributed by atoms with van der Waals surface area (Å²) in [5.41, 5.74) is 4.58. The molecule has 20 heavy (non-hydrogen) atoms. The van der Waals surface area contributed by atoms with Crippen molar-refractivity contribution in [1.29, 1.82) is 0 Å². The van der Waals surface area contributed by atoms with Gasteiger partial charge in [0, 0.05) is 10.0 Å². The summed E-state index contributed by atoms with van der Waals surface area (Å²) in [6.07, 6.45) is 1.95. The predicted octanol–water partition coefficient (Wildman–Crippen LogP) is 6.45. The van der Waals surface area contributed by atoms with Crippen LogP contribution in [0, 0.1) is 0 Å². The van der Waals surface area contributed by atoms with Crippen molar-refractivity contribution in [2.75, 3.05) is 0 Å². The molecule has 0 radical (unpaired) electrons. The van der Waals surface area contributed by atoms with Crippen molar-refractivity contribution >= 4 is 34.8 Å². The molecule has 0 saturated carbocycles. The minimum absolute atomic E-state index is 0.249. The zero-order chi connectivity index (χ0) is 14.7. The van der Waals surface area contributed by atoms with Gasteiger partial charge in [-0.2, -0.15) is 0 Å². The Bertz CT molecular complexity index is 605. The lowest BCUT2D eigenvalue weighted by atomic mass is 9.95. The zero-order valence-electron chi connectivity index (χ0n) is 11.6. The lowest BCUT2D eigenvalue weighted by Crippen LogP contribution is -2.01. The first-order valence-corrected chi connectivity index (χ1v) is 7.96. The normalized spacial score (nSPS) is 12.4. The van der Waals surface area contributed by atoms with E-state index in [1.807, 2.05) is 12.1 Å². The first kappa shape index (κ1) is 15.7. The van der Waals surface area contributed by atoms with Crippen molar-refractivity contribution in [2.45, 2.75) is 32.1 Å². The van der Waals surface area contributed by atoms with Gasteiger partial charge in [-0.05, 0) is 47.2 Å². The first-order chi connectivity index (χ1) is 9.56. The molecule has 0 heterocycles. The van der Waals surface area contributed by atoms with Crippen molar-refractivity contribution in [3.8, 4) is 0 Å². The van der Waals surface area contributed by atoms with Gasteiger partial charge in [-0.15, -0.1) is 11.6 Å². The zero-order valence-corrected chi connectivity index (χ0v) is 13.9. The van der Waals surface area contributed by atoms with Crippen molar-refractivity contribution in [3.63, 3.8) is 0 Å². The number of halogens is 3.